The lowest BCUT2D eigenvalue weighted by atomic mass is 9.83. The van der Waals surface area contributed by atoms with Gasteiger partial charge in [-0.3, -0.25) is 14.9 Å². The second-order valence-corrected chi connectivity index (χ2v) is 6.11. The van der Waals surface area contributed by atoms with Crippen molar-refractivity contribution < 1.29 is 19.6 Å². The number of amides is 1. The number of nitrogens with one attached hydrogen (secondary N) is 1. The van der Waals surface area contributed by atoms with Gasteiger partial charge in [-0.1, -0.05) is 12.1 Å². The van der Waals surface area contributed by atoms with Crippen LogP contribution in [0.3, 0.4) is 0 Å². The number of carboxylic acids is 1. The van der Waals surface area contributed by atoms with Gasteiger partial charge in [-0.15, -0.1) is 0 Å². The fraction of sp³-hybridized carbons (Fsp3) is 0.312. The van der Waals surface area contributed by atoms with Gasteiger partial charge in [0.25, 0.3) is 0 Å². The smallest absolute Gasteiger partial charge is 0.335 e. The van der Waals surface area contributed by atoms with E-state index in [0.29, 0.717) is 16.9 Å². The Morgan fingerprint density at radius 3 is 2.52 bits per heavy atom. The highest BCUT2D eigenvalue weighted by Crippen LogP contribution is 2.39. The molecule has 2 N–H and O–H groups in total. The van der Waals surface area contributed by atoms with Crippen LogP contribution in [-0.2, 0) is 4.79 Å². The van der Waals surface area contributed by atoms with Crippen molar-refractivity contribution in [2.45, 2.75) is 31.8 Å². The first-order chi connectivity index (χ1) is 11.8. The standard InChI is InChI=1S/C16H16N4O5/c1-8(2)19-14-11(7-17-19)12(13(20(24)25)15(21)18-14)9-3-5-10(6-4-9)16(22)23/h3-8,12-13H,1-2H3,(H,18,21)(H,22,23)/t12-,13+/m0/s1. The normalized spacial score (nSPS) is 19.4. The Hall–Kier alpha value is -3.23. The van der Waals surface area contributed by atoms with Crippen LogP contribution in [0.1, 0.15) is 47.3 Å². The molecule has 0 aliphatic carbocycles. The molecule has 1 aromatic carbocycles. The van der Waals surface area contributed by atoms with Gasteiger partial charge in [0.2, 0.25) is 0 Å². The average Bonchev–Trinajstić information content (AvgIpc) is 2.96. The maximum atomic E-state index is 12.3. The quantitative estimate of drug-likeness (QED) is 0.644. The van der Waals surface area contributed by atoms with Crippen molar-refractivity contribution in [3.63, 3.8) is 0 Å². The lowest BCUT2D eigenvalue weighted by Crippen LogP contribution is -2.44. The molecule has 3 rings (SSSR count). The minimum absolute atomic E-state index is 0.0359. The van der Waals surface area contributed by atoms with Crippen LogP contribution in [0.15, 0.2) is 30.5 Å². The third-order valence-electron chi connectivity index (χ3n) is 4.22. The molecule has 2 atom stereocenters. The van der Waals surface area contributed by atoms with Crippen LogP contribution in [0.2, 0.25) is 0 Å². The molecular formula is C16H16N4O5. The monoisotopic (exact) mass is 344 g/mol. The van der Waals surface area contributed by atoms with Crippen LogP contribution < -0.4 is 5.32 Å². The van der Waals surface area contributed by atoms with Crippen molar-refractivity contribution in [3.8, 4) is 0 Å². The Morgan fingerprint density at radius 1 is 1.36 bits per heavy atom. The van der Waals surface area contributed by atoms with Crippen LogP contribution in [0.5, 0.6) is 0 Å². The summed E-state index contributed by atoms with van der Waals surface area (Å²) in [5.41, 5.74) is 1.10. The average molecular weight is 344 g/mol. The Bertz CT molecular complexity index is 856. The molecule has 25 heavy (non-hydrogen) atoms. The third-order valence-corrected chi connectivity index (χ3v) is 4.22. The summed E-state index contributed by atoms with van der Waals surface area (Å²) in [6, 6.07) is 4.19. The number of fused-ring (bicyclic) bond motifs is 1. The number of hydrogen-bond acceptors (Lipinski definition) is 5. The molecule has 0 radical (unpaired) electrons. The number of nitrogens with zero attached hydrogens (tertiary/aromatic N) is 3. The molecule has 1 aliphatic heterocycles. The number of carbonyl (C=O) groups is 2. The van der Waals surface area contributed by atoms with Crippen LogP contribution in [-0.4, -0.2) is 37.7 Å². The van der Waals surface area contributed by atoms with Crippen molar-refractivity contribution in [2.24, 2.45) is 0 Å². The van der Waals surface area contributed by atoms with Gasteiger partial charge in [0, 0.05) is 16.5 Å². The van der Waals surface area contributed by atoms with Crippen LogP contribution in [0.4, 0.5) is 5.82 Å². The Kier molecular flexibility index (Phi) is 3.99. The van der Waals surface area contributed by atoms with E-state index in [0.717, 1.165) is 0 Å². The van der Waals surface area contributed by atoms with Gasteiger partial charge >= 0.3 is 17.9 Å². The molecule has 1 aliphatic rings. The largest absolute Gasteiger partial charge is 0.478 e. The molecule has 0 saturated heterocycles. The van der Waals surface area contributed by atoms with E-state index in [4.69, 9.17) is 5.11 Å². The predicted octanol–water partition coefficient (Wildman–Crippen LogP) is 1.89. The summed E-state index contributed by atoms with van der Waals surface area (Å²) in [6.45, 7) is 3.77. The number of rotatable bonds is 4. The highest BCUT2D eigenvalue weighted by molar-refractivity contribution is 5.98. The SMILES string of the molecule is CC(C)n1ncc2c1NC(=O)[C@H]([N+](=O)[O-])[C@H]2c1ccc(C(=O)O)cc1. The first-order valence-electron chi connectivity index (χ1n) is 7.66. The van der Waals surface area contributed by atoms with Crippen LogP contribution in [0, 0.1) is 10.1 Å². The maximum absolute atomic E-state index is 12.3. The second-order valence-electron chi connectivity index (χ2n) is 6.11. The first-order valence-corrected chi connectivity index (χ1v) is 7.66. The summed E-state index contributed by atoms with van der Waals surface area (Å²) in [7, 11) is 0. The number of carbonyl (C=O) groups excluding carboxylic acids is 1. The van der Waals surface area contributed by atoms with E-state index in [1.165, 1.54) is 30.5 Å². The van der Waals surface area contributed by atoms with Gasteiger partial charge in [-0.25, -0.2) is 9.48 Å². The molecule has 0 saturated carbocycles. The van der Waals surface area contributed by atoms with Crippen molar-refractivity contribution in [1.82, 2.24) is 9.78 Å². The van der Waals surface area contributed by atoms with Gasteiger partial charge in [0.05, 0.1) is 17.7 Å². The number of hydrogen-bond donors (Lipinski definition) is 2. The number of anilines is 1. The number of benzene rings is 1. The van der Waals surface area contributed by atoms with Crippen LogP contribution >= 0.6 is 0 Å². The van der Waals surface area contributed by atoms with Crippen molar-refractivity contribution >= 4 is 17.7 Å². The molecule has 9 nitrogen and oxygen atoms in total. The lowest BCUT2D eigenvalue weighted by Gasteiger charge is -2.27. The summed E-state index contributed by atoms with van der Waals surface area (Å²) >= 11 is 0. The molecule has 2 heterocycles. The Labute approximate surface area is 142 Å². The molecular weight excluding hydrogens is 328 g/mol. The zero-order valence-electron chi connectivity index (χ0n) is 13.5. The Morgan fingerprint density at radius 2 is 2.00 bits per heavy atom. The fourth-order valence-electron chi connectivity index (χ4n) is 3.05. The van der Waals surface area contributed by atoms with Gasteiger partial charge in [-0.05, 0) is 31.5 Å². The molecule has 1 amide bonds. The summed E-state index contributed by atoms with van der Waals surface area (Å²) in [5.74, 6) is -2.21. The van der Waals surface area contributed by atoms with E-state index in [1.807, 2.05) is 13.8 Å². The molecule has 2 aromatic rings. The van der Waals surface area contributed by atoms with Crippen molar-refractivity contribution in [3.05, 3.63) is 57.3 Å². The Balaban J connectivity index is 2.15. The third kappa shape index (κ3) is 2.73. The highest BCUT2D eigenvalue weighted by Gasteiger charge is 2.47. The van der Waals surface area contributed by atoms with E-state index in [9.17, 15) is 19.7 Å². The minimum Gasteiger partial charge on any atom is -0.478 e. The number of nitro groups is 1. The van der Waals surface area contributed by atoms with E-state index in [1.54, 1.807) is 4.68 Å². The predicted molar refractivity (Wildman–Crippen MR) is 87.3 cm³/mol. The topological polar surface area (TPSA) is 127 Å². The summed E-state index contributed by atoms with van der Waals surface area (Å²) in [4.78, 5) is 34.2. The zero-order valence-corrected chi connectivity index (χ0v) is 13.5. The molecule has 1 aromatic heterocycles. The molecule has 9 heteroatoms. The van der Waals surface area contributed by atoms with E-state index in [-0.39, 0.29) is 11.6 Å². The molecule has 0 fully saturated rings. The van der Waals surface area contributed by atoms with Crippen molar-refractivity contribution in [2.75, 3.05) is 5.32 Å². The lowest BCUT2D eigenvalue weighted by molar-refractivity contribution is -0.509. The summed E-state index contributed by atoms with van der Waals surface area (Å²) in [5, 5.41) is 27.3. The van der Waals surface area contributed by atoms with E-state index in [2.05, 4.69) is 10.4 Å². The minimum atomic E-state index is -1.51. The zero-order chi connectivity index (χ0) is 18.3. The van der Waals surface area contributed by atoms with E-state index < -0.39 is 28.8 Å². The number of aromatic carboxylic acids is 1. The summed E-state index contributed by atoms with van der Waals surface area (Å²) in [6.07, 6.45) is 1.51. The van der Waals surface area contributed by atoms with Gasteiger partial charge in [0.15, 0.2) is 0 Å². The second kappa shape index (κ2) is 6.00. The van der Waals surface area contributed by atoms with Gasteiger partial charge in [0.1, 0.15) is 5.82 Å². The first kappa shape index (κ1) is 16.6. The maximum Gasteiger partial charge on any atom is 0.335 e. The molecule has 130 valence electrons. The molecule has 0 bridgehead atoms. The number of aromatic nitrogens is 2. The van der Waals surface area contributed by atoms with Crippen LogP contribution in [0.25, 0.3) is 0 Å². The highest BCUT2D eigenvalue weighted by atomic mass is 16.6. The van der Waals surface area contributed by atoms with Gasteiger partial charge in [-0.2, -0.15) is 5.10 Å². The fourth-order valence-corrected chi connectivity index (χ4v) is 3.05. The summed E-state index contributed by atoms with van der Waals surface area (Å²) < 4.78 is 1.60. The molecule has 0 spiro atoms. The van der Waals surface area contributed by atoms with Crippen molar-refractivity contribution in [1.29, 1.82) is 0 Å². The van der Waals surface area contributed by atoms with Gasteiger partial charge < -0.3 is 10.4 Å². The molecule has 0 unspecified atom stereocenters. The number of carboxylic acid groups (broad SMARTS) is 1. The van der Waals surface area contributed by atoms with E-state index >= 15 is 0 Å².